The van der Waals surface area contributed by atoms with Gasteiger partial charge in [-0.2, -0.15) is 0 Å². The minimum absolute atomic E-state index is 0.540. The smallest absolute Gasteiger partial charge is 0.108 e. The Balaban J connectivity index is 2.54. The van der Waals surface area contributed by atoms with Crippen LogP contribution < -0.4 is 5.32 Å². The molecule has 0 radical (unpaired) electrons. The average molecular weight is 220 g/mol. The molecule has 0 spiro atoms. The predicted octanol–water partition coefficient (Wildman–Crippen LogP) is 3.14. The number of hydrogen-bond donors (Lipinski definition) is 1. The Hall–Kier alpha value is -0.930. The summed E-state index contributed by atoms with van der Waals surface area (Å²) in [6.45, 7) is 5.29. The summed E-state index contributed by atoms with van der Waals surface area (Å²) in [7, 11) is 1.95. The first-order chi connectivity index (χ1) is 7.22. The number of rotatable bonds is 3. The molecule has 0 aliphatic heterocycles. The largest absolute Gasteiger partial charge is 0.314 e. The summed E-state index contributed by atoms with van der Waals surface area (Å²) in [4.78, 5) is 4.68. The zero-order valence-electron chi connectivity index (χ0n) is 9.37. The molecule has 2 aromatic rings. The number of benzene rings is 1. The van der Waals surface area contributed by atoms with Gasteiger partial charge in [-0.15, -0.1) is 11.3 Å². The lowest BCUT2D eigenvalue weighted by molar-refractivity contribution is 0.810. The molecular formula is C12H16N2S. The van der Waals surface area contributed by atoms with Gasteiger partial charge in [-0.05, 0) is 24.6 Å². The molecule has 0 saturated carbocycles. The van der Waals surface area contributed by atoms with Crippen LogP contribution in [0.1, 0.15) is 30.3 Å². The minimum atomic E-state index is 0.540. The standard InChI is InChI=1S/C12H16N2S/c1-8(2)9-5-4-6-10-12(9)14-11(15-10)7-13-3/h4-6,8,13H,7H2,1-3H3. The fraction of sp³-hybridized carbons (Fsp3) is 0.417. The summed E-state index contributed by atoms with van der Waals surface area (Å²) in [5.41, 5.74) is 2.54. The van der Waals surface area contributed by atoms with E-state index in [9.17, 15) is 0 Å². The van der Waals surface area contributed by atoms with Crippen molar-refractivity contribution in [3.05, 3.63) is 28.8 Å². The van der Waals surface area contributed by atoms with Gasteiger partial charge in [-0.3, -0.25) is 0 Å². The normalized spacial score (nSPS) is 11.5. The lowest BCUT2D eigenvalue weighted by atomic mass is 10.0. The molecule has 0 bridgehead atoms. The molecule has 0 fully saturated rings. The van der Waals surface area contributed by atoms with Crippen molar-refractivity contribution in [3.8, 4) is 0 Å². The third kappa shape index (κ3) is 2.03. The topological polar surface area (TPSA) is 24.9 Å². The summed E-state index contributed by atoms with van der Waals surface area (Å²) in [5, 5.41) is 4.31. The molecule has 0 aliphatic rings. The van der Waals surface area contributed by atoms with Crippen LogP contribution >= 0.6 is 11.3 Å². The van der Waals surface area contributed by atoms with Gasteiger partial charge in [0.2, 0.25) is 0 Å². The second-order valence-corrected chi connectivity index (χ2v) is 5.10. The maximum absolute atomic E-state index is 4.68. The fourth-order valence-corrected chi connectivity index (χ4v) is 2.72. The first kappa shape index (κ1) is 10.6. The first-order valence-electron chi connectivity index (χ1n) is 5.25. The zero-order valence-corrected chi connectivity index (χ0v) is 10.2. The van der Waals surface area contributed by atoms with Gasteiger partial charge in [0.1, 0.15) is 5.01 Å². The number of nitrogens with zero attached hydrogens (tertiary/aromatic N) is 1. The van der Waals surface area contributed by atoms with Gasteiger partial charge in [-0.25, -0.2) is 4.98 Å². The third-order valence-electron chi connectivity index (χ3n) is 2.44. The number of aromatic nitrogens is 1. The lowest BCUT2D eigenvalue weighted by Crippen LogP contribution is -2.04. The molecular weight excluding hydrogens is 204 g/mol. The number of fused-ring (bicyclic) bond motifs is 1. The summed E-state index contributed by atoms with van der Waals surface area (Å²) in [5.74, 6) is 0.540. The van der Waals surface area contributed by atoms with E-state index in [1.807, 2.05) is 7.05 Å². The van der Waals surface area contributed by atoms with Crippen molar-refractivity contribution in [2.24, 2.45) is 0 Å². The van der Waals surface area contributed by atoms with E-state index in [0.717, 1.165) is 6.54 Å². The van der Waals surface area contributed by atoms with E-state index in [1.54, 1.807) is 11.3 Å². The van der Waals surface area contributed by atoms with E-state index in [4.69, 9.17) is 0 Å². The minimum Gasteiger partial charge on any atom is -0.314 e. The van der Waals surface area contributed by atoms with Crippen LogP contribution in [0.3, 0.4) is 0 Å². The van der Waals surface area contributed by atoms with Crippen LogP contribution in [0.15, 0.2) is 18.2 Å². The number of para-hydroxylation sites is 1. The van der Waals surface area contributed by atoms with E-state index in [0.29, 0.717) is 5.92 Å². The van der Waals surface area contributed by atoms with E-state index < -0.39 is 0 Å². The molecule has 1 aromatic heterocycles. The highest BCUT2D eigenvalue weighted by atomic mass is 32.1. The van der Waals surface area contributed by atoms with Crippen molar-refractivity contribution >= 4 is 21.6 Å². The Morgan fingerprint density at radius 2 is 2.20 bits per heavy atom. The summed E-state index contributed by atoms with van der Waals surface area (Å²) >= 11 is 1.78. The molecule has 1 N–H and O–H groups in total. The SMILES string of the molecule is CNCc1nc2c(C(C)C)cccc2s1. The molecule has 1 aromatic carbocycles. The fourth-order valence-electron chi connectivity index (χ4n) is 1.71. The maximum Gasteiger partial charge on any atom is 0.108 e. The Morgan fingerprint density at radius 1 is 1.40 bits per heavy atom. The van der Waals surface area contributed by atoms with Crippen molar-refractivity contribution in [3.63, 3.8) is 0 Å². The Labute approximate surface area is 94.3 Å². The lowest BCUT2D eigenvalue weighted by Gasteiger charge is -2.04. The second-order valence-electron chi connectivity index (χ2n) is 3.99. The zero-order chi connectivity index (χ0) is 10.8. The Kier molecular flexibility index (Phi) is 3.03. The summed E-state index contributed by atoms with van der Waals surface area (Å²) in [6.07, 6.45) is 0. The number of thiazole rings is 1. The molecule has 0 amide bonds. The molecule has 2 rings (SSSR count). The monoisotopic (exact) mass is 220 g/mol. The van der Waals surface area contributed by atoms with Crippen molar-refractivity contribution < 1.29 is 0 Å². The number of hydrogen-bond acceptors (Lipinski definition) is 3. The molecule has 2 nitrogen and oxygen atoms in total. The summed E-state index contributed by atoms with van der Waals surface area (Å²) in [6, 6.07) is 6.45. The third-order valence-corrected chi connectivity index (χ3v) is 3.47. The van der Waals surface area contributed by atoms with Gasteiger partial charge in [0, 0.05) is 6.54 Å². The molecule has 80 valence electrons. The highest BCUT2D eigenvalue weighted by Crippen LogP contribution is 2.28. The van der Waals surface area contributed by atoms with Crippen LogP contribution in [0.2, 0.25) is 0 Å². The van der Waals surface area contributed by atoms with Crippen LogP contribution in [0, 0.1) is 0 Å². The molecule has 0 saturated heterocycles. The van der Waals surface area contributed by atoms with Gasteiger partial charge in [0.05, 0.1) is 10.2 Å². The highest BCUT2D eigenvalue weighted by molar-refractivity contribution is 7.18. The molecule has 0 atom stereocenters. The van der Waals surface area contributed by atoms with Crippen molar-refractivity contribution in [1.29, 1.82) is 0 Å². The molecule has 15 heavy (non-hydrogen) atoms. The number of nitrogens with one attached hydrogen (secondary N) is 1. The van der Waals surface area contributed by atoms with E-state index in [2.05, 4.69) is 42.3 Å². The van der Waals surface area contributed by atoms with Crippen LogP contribution in [0.4, 0.5) is 0 Å². The van der Waals surface area contributed by atoms with Gasteiger partial charge in [0.25, 0.3) is 0 Å². The molecule has 0 aliphatic carbocycles. The Bertz CT molecular complexity index is 460. The second kappa shape index (κ2) is 4.29. The van der Waals surface area contributed by atoms with E-state index in [1.165, 1.54) is 20.8 Å². The average Bonchev–Trinajstić information content (AvgIpc) is 2.59. The summed E-state index contributed by atoms with van der Waals surface area (Å²) < 4.78 is 1.30. The maximum atomic E-state index is 4.68. The van der Waals surface area contributed by atoms with E-state index in [-0.39, 0.29) is 0 Å². The Morgan fingerprint density at radius 3 is 2.87 bits per heavy atom. The van der Waals surface area contributed by atoms with E-state index >= 15 is 0 Å². The van der Waals surface area contributed by atoms with Crippen LogP contribution in [0.25, 0.3) is 10.2 Å². The van der Waals surface area contributed by atoms with Crippen molar-refractivity contribution in [1.82, 2.24) is 10.3 Å². The van der Waals surface area contributed by atoms with Crippen LogP contribution in [-0.4, -0.2) is 12.0 Å². The van der Waals surface area contributed by atoms with Crippen LogP contribution in [0.5, 0.6) is 0 Å². The van der Waals surface area contributed by atoms with Crippen LogP contribution in [-0.2, 0) is 6.54 Å². The first-order valence-corrected chi connectivity index (χ1v) is 6.07. The quantitative estimate of drug-likeness (QED) is 0.859. The van der Waals surface area contributed by atoms with Gasteiger partial charge >= 0.3 is 0 Å². The predicted molar refractivity (Wildman–Crippen MR) is 66.5 cm³/mol. The van der Waals surface area contributed by atoms with Gasteiger partial charge < -0.3 is 5.32 Å². The molecule has 0 unspecified atom stereocenters. The van der Waals surface area contributed by atoms with Crippen molar-refractivity contribution in [2.75, 3.05) is 7.05 Å². The van der Waals surface area contributed by atoms with Gasteiger partial charge in [-0.1, -0.05) is 26.0 Å². The molecule has 1 heterocycles. The highest BCUT2D eigenvalue weighted by Gasteiger charge is 2.09. The van der Waals surface area contributed by atoms with Crippen molar-refractivity contribution in [2.45, 2.75) is 26.3 Å². The molecule has 3 heteroatoms. The van der Waals surface area contributed by atoms with Gasteiger partial charge in [0.15, 0.2) is 0 Å².